The predicted molar refractivity (Wildman–Crippen MR) is 288 cm³/mol. The second-order valence-electron chi connectivity index (χ2n) is 18.5. The van der Waals surface area contributed by atoms with E-state index in [0.29, 0.717) is 19.3 Å². The van der Waals surface area contributed by atoms with E-state index >= 15 is 0 Å². The van der Waals surface area contributed by atoms with Crippen LogP contribution in [0.2, 0.25) is 0 Å². The molecule has 0 heterocycles. The van der Waals surface area contributed by atoms with Gasteiger partial charge in [0, 0.05) is 19.3 Å². The third-order valence-electron chi connectivity index (χ3n) is 11.8. The van der Waals surface area contributed by atoms with Crippen molar-refractivity contribution < 1.29 is 28.6 Å². The summed E-state index contributed by atoms with van der Waals surface area (Å²) < 4.78 is 16.8. The van der Waals surface area contributed by atoms with Crippen LogP contribution in [0.4, 0.5) is 0 Å². The molecule has 0 N–H and O–H groups in total. The molecule has 0 unspecified atom stereocenters. The fraction of sp³-hybridized carbons (Fsp3) is 0.721. The number of carbonyl (C=O) groups is 3. The van der Waals surface area contributed by atoms with Crippen molar-refractivity contribution in [2.45, 2.75) is 271 Å². The minimum atomic E-state index is -0.801. The van der Waals surface area contributed by atoms with E-state index in [1.807, 2.05) is 0 Å². The van der Waals surface area contributed by atoms with Gasteiger partial charge in [-0.3, -0.25) is 14.4 Å². The van der Waals surface area contributed by atoms with Crippen LogP contribution in [0.3, 0.4) is 0 Å². The van der Waals surface area contributed by atoms with Gasteiger partial charge in [-0.2, -0.15) is 0 Å². The molecule has 0 aliphatic rings. The number of hydrogen-bond acceptors (Lipinski definition) is 6. The van der Waals surface area contributed by atoms with Crippen LogP contribution in [-0.2, 0) is 28.6 Å². The molecule has 0 fully saturated rings. The largest absolute Gasteiger partial charge is 0.462 e. The molecule has 6 nitrogen and oxygen atoms in total. The van der Waals surface area contributed by atoms with Gasteiger partial charge in [0.25, 0.3) is 0 Å². The molecule has 0 amide bonds. The summed E-state index contributed by atoms with van der Waals surface area (Å²) in [4.78, 5) is 38.1. The molecule has 0 radical (unpaired) electrons. The van der Waals surface area contributed by atoms with Crippen molar-refractivity contribution in [3.05, 3.63) is 85.1 Å². The molecule has 67 heavy (non-hydrogen) atoms. The quantitative estimate of drug-likeness (QED) is 0.0262. The van der Waals surface area contributed by atoms with Crippen molar-refractivity contribution >= 4 is 17.9 Å². The Balaban J connectivity index is 4.46. The number of hydrogen-bond donors (Lipinski definition) is 0. The van der Waals surface area contributed by atoms with E-state index in [2.05, 4.69) is 106 Å². The zero-order valence-corrected chi connectivity index (χ0v) is 43.9. The Morgan fingerprint density at radius 1 is 0.299 bits per heavy atom. The minimum absolute atomic E-state index is 0.0978. The lowest BCUT2D eigenvalue weighted by Gasteiger charge is -2.18. The normalized spacial score (nSPS) is 12.7. The molecule has 0 aliphatic carbocycles. The van der Waals surface area contributed by atoms with Crippen LogP contribution in [0.25, 0.3) is 0 Å². The minimum Gasteiger partial charge on any atom is -0.462 e. The molecular formula is C61H104O6. The van der Waals surface area contributed by atoms with Gasteiger partial charge in [-0.15, -0.1) is 0 Å². The number of unbranched alkanes of at least 4 members (excludes halogenated alkanes) is 25. The molecule has 0 aromatic rings. The maximum absolute atomic E-state index is 12.9. The number of allylic oxidation sites excluding steroid dienone is 14. The molecule has 0 aromatic heterocycles. The van der Waals surface area contributed by atoms with E-state index in [1.165, 1.54) is 122 Å². The summed E-state index contributed by atoms with van der Waals surface area (Å²) in [5.41, 5.74) is 0. The monoisotopic (exact) mass is 933 g/mol. The molecule has 1 atom stereocenters. The Labute approximate surface area is 414 Å². The van der Waals surface area contributed by atoms with Crippen molar-refractivity contribution in [3.8, 4) is 0 Å². The number of esters is 3. The molecule has 0 saturated heterocycles. The van der Waals surface area contributed by atoms with E-state index in [0.717, 1.165) is 103 Å². The smallest absolute Gasteiger partial charge is 0.306 e. The SMILES string of the molecule is CCCCC/C=C\C/C=C\C/C=C\CCCCC(=O)OC[C@H](COC(=O)CCCCCCC/C=C\C/C=C\CCCCC)OC(=O)CCCCCCCCCCC/C=C\C/C=C\CCCCC. The van der Waals surface area contributed by atoms with Gasteiger partial charge in [0.05, 0.1) is 0 Å². The fourth-order valence-electron chi connectivity index (χ4n) is 7.57. The van der Waals surface area contributed by atoms with E-state index in [1.54, 1.807) is 0 Å². The molecule has 0 saturated carbocycles. The van der Waals surface area contributed by atoms with Crippen LogP contribution < -0.4 is 0 Å². The van der Waals surface area contributed by atoms with Crippen LogP contribution in [0.5, 0.6) is 0 Å². The molecule has 384 valence electrons. The lowest BCUT2D eigenvalue weighted by atomic mass is 10.1. The molecule has 6 heteroatoms. The zero-order chi connectivity index (χ0) is 48.6. The average Bonchev–Trinajstić information content (AvgIpc) is 3.33. The van der Waals surface area contributed by atoms with Crippen LogP contribution in [0.1, 0.15) is 265 Å². The Kier molecular flexibility index (Phi) is 52.4. The highest BCUT2D eigenvalue weighted by Crippen LogP contribution is 2.14. The second-order valence-corrected chi connectivity index (χ2v) is 18.5. The summed E-state index contributed by atoms with van der Waals surface area (Å²) in [7, 11) is 0. The van der Waals surface area contributed by atoms with Crippen LogP contribution in [0, 0.1) is 0 Å². The second kappa shape index (κ2) is 55.2. The van der Waals surface area contributed by atoms with E-state index in [4.69, 9.17) is 14.2 Å². The first-order valence-electron chi connectivity index (χ1n) is 28.1. The first-order valence-corrected chi connectivity index (χ1v) is 28.1. The summed E-state index contributed by atoms with van der Waals surface area (Å²) in [6.45, 7) is 6.52. The summed E-state index contributed by atoms with van der Waals surface area (Å²) in [6.07, 6.45) is 71.4. The van der Waals surface area contributed by atoms with Gasteiger partial charge in [-0.05, 0) is 122 Å². The highest BCUT2D eigenvalue weighted by molar-refractivity contribution is 5.71. The van der Waals surface area contributed by atoms with Crippen molar-refractivity contribution in [1.29, 1.82) is 0 Å². The molecule has 0 aromatic carbocycles. The van der Waals surface area contributed by atoms with Gasteiger partial charge >= 0.3 is 17.9 Å². The Hall–Kier alpha value is -3.41. The van der Waals surface area contributed by atoms with E-state index in [-0.39, 0.29) is 31.1 Å². The van der Waals surface area contributed by atoms with E-state index < -0.39 is 6.10 Å². The highest BCUT2D eigenvalue weighted by atomic mass is 16.6. The predicted octanol–water partition coefficient (Wildman–Crippen LogP) is 18.8. The van der Waals surface area contributed by atoms with Crippen LogP contribution in [0.15, 0.2) is 85.1 Å². The first-order chi connectivity index (χ1) is 33.0. The van der Waals surface area contributed by atoms with Gasteiger partial charge < -0.3 is 14.2 Å². The van der Waals surface area contributed by atoms with Crippen molar-refractivity contribution in [2.24, 2.45) is 0 Å². The topological polar surface area (TPSA) is 78.9 Å². The zero-order valence-electron chi connectivity index (χ0n) is 43.9. The summed E-state index contributed by atoms with van der Waals surface area (Å²) in [6, 6.07) is 0. The van der Waals surface area contributed by atoms with Crippen LogP contribution in [-0.4, -0.2) is 37.2 Å². The summed E-state index contributed by atoms with van der Waals surface area (Å²) >= 11 is 0. The average molecular weight is 933 g/mol. The van der Waals surface area contributed by atoms with Crippen molar-refractivity contribution in [2.75, 3.05) is 13.2 Å². The van der Waals surface area contributed by atoms with Gasteiger partial charge in [-0.1, -0.05) is 209 Å². The standard InChI is InChI=1S/C61H104O6/c1-4-7-10-13-16-19-22-25-28-29-30-31-34-37-40-43-46-49-52-55-61(64)67-58(56-65-59(62)53-50-47-44-41-38-35-32-26-23-20-17-14-11-8-5-2)57-66-60(63)54-51-48-45-42-39-36-33-27-24-21-18-15-12-9-6-3/h16-21,25-28,32-33,38,41,58H,4-15,22-24,29-31,34-37,39-40,42-57H2,1-3H3/b19-16-,20-17-,21-18-,28-25-,32-26-,33-27-,41-38-/t58-/m1/s1. The van der Waals surface area contributed by atoms with E-state index in [9.17, 15) is 14.4 Å². The highest BCUT2D eigenvalue weighted by Gasteiger charge is 2.19. The van der Waals surface area contributed by atoms with Gasteiger partial charge in [0.2, 0.25) is 0 Å². The van der Waals surface area contributed by atoms with Gasteiger partial charge in [-0.25, -0.2) is 0 Å². The maximum Gasteiger partial charge on any atom is 0.306 e. The third-order valence-corrected chi connectivity index (χ3v) is 11.8. The summed E-state index contributed by atoms with van der Waals surface area (Å²) in [5, 5.41) is 0. The Bertz CT molecular complexity index is 1300. The van der Waals surface area contributed by atoms with Crippen LogP contribution >= 0.6 is 0 Å². The summed E-state index contributed by atoms with van der Waals surface area (Å²) in [5.74, 6) is -0.951. The van der Waals surface area contributed by atoms with Crippen molar-refractivity contribution in [3.63, 3.8) is 0 Å². The number of rotatable bonds is 50. The molecule has 0 bridgehead atoms. The Morgan fingerprint density at radius 3 is 0.866 bits per heavy atom. The fourth-order valence-corrected chi connectivity index (χ4v) is 7.57. The maximum atomic E-state index is 12.9. The third kappa shape index (κ3) is 53.4. The lowest BCUT2D eigenvalue weighted by molar-refractivity contribution is -0.167. The molecule has 0 rings (SSSR count). The van der Waals surface area contributed by atoms with Gasteiger partial charge in [0.1, 0.15) is 13.2 Å². The number of ether oxygens (including phenoxy) is 3. The lowest BCUT2D eigenvalue weighted by Crippen LogP contribution is -2.30. The molecule has 0 spiro atoms. The molecular weight excluding hydrogens is 829 g/mol. The first kappa shape index (κ1) is 63.6. The van der Waals surface area contributed by atoms with Gasteiger partial charge in [0.15, 0.2) is 6.10 Å². The Morgan fingerprint density at radius 2 is 0.537 bits per heavy atom. The number of carbonyl (C=O) groups excluding carboxylic acids is 3. The molecule has 0 aliphatic heterocycles. The van der Waals surface area contributed by atoms with Crippen molar-refractivity contribution in [1.82, 2.24) is 0 Å².